The van der Waals surface area contributed by atoms with Crippen LogP contribution in [0, 0.1) is 23.5 Å². The van der Waals surface area contributed by atoms with Crippen LogP contribution in [0.3, 0.4) is 0 Å². The predicted octanol–water partition coefficient (Wildman–Crippen LogP) is 9.53. The Labute approximate surface area is 213 Å². The fourth-order valence-electron chi connectivity index (χ4n) is 6.13. The first-order chi connectivity index (χ1) is 17.5. The van der Waals surface area contributed by atoms with Gasteiger partial charge in [0, 0.05) is 0 Å². The van der Waals surface area contributed by atoms with E-state index in [1.165, 1.54) is 12.1 Å². The smallest absolute Gasteiger partial charge is 0.313 e. The minimum atomic E-state index is -5.07. The molecule has 0 aliphatic heterocycles. The molecule has 0 unspecified atom stereocenters. The second-order valence-corrected chi connectivity index (χ2v) is 10.6. The molecule has 2 aromatic carbocycles. The molecule has 0 bridgehead atoms. The van der Waals surface area contributed by atoms with Crippen molar-refractivity contribution >= 4 is 0 Å². The fourth-order valence-corrected chi connectivity index (χ4v) is 6.13. The number of hydrogen-bond donors (Lipinski definition) is 0. The van der Waals surface area contributed by atoms with Gasteiger partial charge >= 0.3 is 12.3 Å². The van der Waals surface area contributed by atoms with E-state index in [1.54, 1.807) is 12.1 Å². The summed E-state index contributed by atoms with van der Waals surface area (Å²) in [4.78, 5) is 0. The molecule has 4 rings (SSSR count). The molecule has 37 heavy (non-hydrogen) atoms. The lowest BCUT2D eigenvalue weighted by atomic mass is 9.69. The minimum Gasteiger partial charge on any atom is -0.313 e. The number of aryl methyl sites for hydroxylation is 1. The van der Waals surface area contributed by atoms with Gasteiger partial charge in [-0.25, -0.2) is 8.78 Å². The molecule has 0 heterocycles. The minimum absolute atomic E-state index is 0.135. The van der Waals surface area contributed by atoms with Crippen molar-refractivity contribution in [2.75, 3.05) is 0 Å². The Morgan fingerprint density at radius 3 is 1.76 bits per heavy atom. The van der Waals surface area contributed by atoms with E-state index >= 15 is 0 Å². The average molecular weight is 531 g/mol. The van der Waals surface area contributed by atoms with Crippen LogP contribution in [0.5, 0.6) is 0 Å². The van der Waals surface area contributed by atoms with Crippen molar-refractivity contribution in [2.24, 2.45) is 11.8 Å². The van der Waals surface area contributed by atoms with Crippen LogP contribution >= 0.6 is 0 Å². The Balaban J connectivity index is 1.27. The molecule has 2 aromatic rings. The molecule has 0 N–H and O–H groups in total. The van der Waals surface area contributed by atoms with E-state index in [4.69, 9.17) is 4.74 Å². The topological polar surface area (TPSA) is 9.23 Å². The first-order valence-corrected chi connectivity index (χ1v) is 13.2. The molecular formula is C29H33F7O. The Kier molecular flexibility index (Phi) is 8.56. The summed E-state index contributed by atoms with van der Waals surface area (Å²) in [5.74, 6) is -2.60. The summed E-state index contributed by atoms with van der Waals surface area (Å²) >= 11 is 0. The lowest BCUT2D eigenvalue weighted by Crippen LogP contribution is -2.32. The van der Waals surface area contributed by atoms with Crippen molar-refractivity contribution in [1.29, 1.82) is 0 Å². The molecule has 0 saturated heterocycles. The Hall–Kier alpha value is -2.09. The maximum Gasteiger partial charge on any atom is 0.422 e. The fraction of sp³-hybridized carbons (Fsp3) is 0.586. The monoisotopic (exact) mass is 530 g/mol. The summed E-state index contributed by atoms with van der Waals surface area (Å²) in [5, 5.41) is 0. The molecular weight excluding hydrogens is 497 g/mol. The normalized spacial score (nSPS) is 25.3. The first kappa shape index (κ1) is 27.9. The van der Waals surface area contributed by atoms with Gasteiger partial charge in [0.15, 0.2) is 0 Å². The van der Waals surface area contributed by atoms with Crippen molar-refractivity contribution in [2.45, 2.75) is 95.4 Å². The first-order valence-electron chi connectivity index (χ1n) is 13.2. The molecule has 0 amide bonds. The largest absolute Gasteiger partial charge is 0.422 e. The van der Waals surface area contributed by atoms with E-state index in [0.29, 0.717) is 37.5 Å². The maximum atomic E-state index is 14.7. The van der Waals surface area contributed by atoms with Gasteiger partial charge in [0.2, 0.25) is 0 Å². The van der Waals surface area contributed by atoms with Gasteiger partial charge < -0.3 is 4.74 Å². The van der Waals surface area contributed by atoms with Crippen LogP contribution in [0.1, 0.15) is 92.9 Å². The van der Waals surface area contributed by atoms with Crippen molar-refractivity contribution in [1.82, 2.24) is 0 Å². The van der Waals surface area contributed by atoms with E-state index in [-0.39, 0.29) is 17.0 Å². The van der Waals surface area contributed by atoms with Gasteiger partial charge in [-0.3, -0.25) is 0 Å². The zero-order valence-corrected chi connectivity index (χ0v) is 20.9. The van der Waals surface area contributed by atoms with Crippen LogP contribution in [0.4, 0.5) is 30.7 Å². The van der Waals surface area contributed by atoms with Crippen LogP contribution in [0.2, 0.25) is 0 Å². The molecule has 2 aliphatic carbocycles. The van der Waals surface area contributed by atoms with Crippen molar-refractivity contribution < 1.29 is 35.5 Å². The predicted molar refractivity (Wildman–Crippen MR) is 127 cm³/mol. The third-order valence-electron chi connectivity index (χ3n) is 8.12. The van der Waals surface area contributed by atoms with E-state index < -0.39 is 35.6 Å². The van der Waals surface area contributed by atoms with Crippen LogP contribution in [-0.2, 0) is 23.4 Å². The summed E-state index contributed by atoms with van der Waals surface area (Å²) in [6.45, 7) is 2.04. The summed E-state index contributed by atoms with van der Waals surface area (Å²) < 4.78 is 101. The van der Waals surface area contributed by atoms with E-state index in [2.05, 4.69) is 0 Å². The third kappa shape index (κ3) is 6.68. The SMILES string of the molecule is CCCc1ccc(C(F)(F)OC2CCC(C3CCC(c4cc(F)c(C(F)(F)F)c(F)c4)CC3)CC2)cc1. The Morgan fingerprint density at radius 2 is 1.27 bits per heavy atom. The number of rotatable bonds is 7. The van der Waals surface area contributed by atoms with Gasteiger partial charge in [-0.2, -0.15) is 22.0 Å². The Bertz CT molecular complexity index is 1010. The zero-order valence-electron chi connectivity index (χ0n) is 20.9. The molecule has 2 fully saturated rings. The molecule has 0 spiro atoms. The number of ether oxygens (including phenoxy) is 1. The van der Waals surface area contributed by atoms with Crippen LogP contribution in [-0.4, -0.2) is 6.10 Å². The van der Waals surface area contributed by atoms with Crippen molar-refractivity contribution in [3.8, 4) is 0 Å². The highest BCUT2D eigenvalue weighted by atomic mass is 19.4. The summed E-state index contributed by atoms with van der Waals surface area (Å²) in [5.41, 5.74) is -0.693. The second kappa shape index (κ2) is 11.3. The number of hydrogen-bond acceptors (Lipinski definition) is 1. The second-order valence-electron chi connectivity index (χ2n) is 10.6. The van der Waals surface area contributed by atoms with E-state index in [0.717, 1.165) is 56.2 Å². The molecule has 2 saturated carbocycles. The zero-order chi connectivity index (χ0) is 26.8. The summed E-state index contributed by atoms with van der Waals surface area (Å²) in [6, 6.07) is 7.94. The van der Waals surface area contributed by atoms with Gasteiger partial charge in [-0.1, -0.05) is 37.6 Å². The highest BCUT2D eigenvalue weighted by Gasteiger charge is 2.40. The van der Waals surface area contributed by atoms with Crippen LogP contribution in [0.25, 0.3) is 0 Å². The number of alkyl halides is 5. The molecule has 1 nitrogen and oxygen atoms in total. The standard InChI is InChI=1S/C29H33F7O/c1-2-3-18-4-12-23(13-5-18)29(35,36)37-24-14-10-20(11-15-24)19-6-8-21(9-7-19)22-16-25(30)27(26(31)17-22)28(32,33)34/h4-5,12-13,16-17,19-21,24H,2-3,6-11,14-15H2,1H3. The highest BCUT2D eigenvalue weighted by Crippen LogP contribution is 2.45. The Morgan fingerprint density at radius 1 is 0.757 bits per heavy atom. The third-order valence-corrected chi connectivity index (χ3v) is 8.12. The van der Waals surface area contributed by atoms with Crippen molar-refractivity contribution in [3.63, 3.8) is 0 Å². The van der Waals surface area contributed by atoms with E-state index in [9.17, 15) is 30.7 Å². The summed E-state index contributed by atoms with van der Waals surface area (Å²) in [6.07, 6.45) is -1.64. The van der Waals surface area contributed by atoms with Gasteiger partial charge in [-0.05, 0) is 98.8 Å². The highest BCUT2D eigenvalue weighted by molar-refractivity contribution is 5.31. The van der Waals surface area contributed by atoms with Crippen molar-refractivity contribution in [3.05, 3.63) is 70.3 Å². The average Bonchev–Trinajstić information content (AvgIpc) is 2.84. The van der Waals surface area contributed by atoms with E-state index in [1.807, 2.05) is 6.92 Å². The molecule has 204 valence electrons. The lowest BCUT2D eigenvalue weighted by molar-refractivity contribution is -0.278. The van der Waals surface area contributed by atoms with Gasteiger partial charge in [0.25, 0.3) is 0 Å². The lowest BCUT2D eigenvalue weighted by Gasteiger charge is -2.38. The quantitative estimate of drug-likeness (QED) is 0.324. The molecule has 8 heteroatoms. The molecule has 0 atom stereocenters. The van der Waals surface area contributed by atoms with Crippen LogP contribution in [0.15, 0.2) is 36.4 Å². The number of halogens is 7. The molecule has 2 aliphatic rings. The van der Waals surface area contributed by atoms with Gasteiger partial charge in [0.1, 0.15) is 17.2 Å². The maximum absolute atomic E-state index is 14.7. The molecule has 0 aromatic heterocycles. The number of benzene rings is 2. The molecule has 0 radical (unpaired) electrons. The summed E-state index contributed by atoms with van der Waals surface area (Å²) in [7, 11) is 0. The van der Waals surface area contributed by atoms with Gasteiger partial charge in [0.05, 0.1) is 11.7 Å². The van der Waals surface area contributed by atoms with Crippen LogP contribution < -0.4 is 0 Å². The van der Waals surface area contributed by atoms with Gasteiger partial charge in [-0.15, -0.1) is 0 Å².